The highest BCUT2D eigenvalue weighted by molar-refractivity contribution is 6.39. The predicted octanol–water partition coefficient (Wildman–Crippen LogP) is 4.28. The highest BCUT2D eigenvalue weighted by Crippen LogP contribution is 2.61. The van der Waals surface area contributed by atoms with Gasteiger partial charge < -0.3 is 9.47 Å². The standard InChI is InChI=1S/C11H13F13O2Si/c1-4(27-5(25-2)26-3)6(12,13)7(14,15)8(16,17)9(18,19)10(20,21)11(22,23)24/h4-5H,27H2,1-3H3. The molecule has 0 bridgehead atoms. The number of hydrogen-bond acceptors (Lipinski definition) is 2. The van der Waals surface area contributed by atoms with Crippen LogP contribution in [0.2, 0.25) is 5.54 Å². The van der Waals surface area contributed by atoms with Gasteiger partial charge in [0.15, 0.2) is 0 Å². The molecule has 0 heterocycles. The average Bonchev–Trinajstić information content (AvgIpc) is 2.50. The monoisotopic (exact) mass is 452 g/mol. The SMILES string of the molecule is COC(OC)[SiH2]C(C)C(F)(F)C(F)(F)C(F)(F)C(F)(F)C(F)(F)C(F)(F)F. The van der Waals surface area contributed by atoms with Crippen molar-refractivity contribution in [1.82, 2.24) is 0 Å². The number of methoxy groups -OCH3 is 2. The van der Waals surface area contributed by atoms with E-state index in [1.807, 2.05) is 0 Å². The molecule has 1 atom stereocenters. The third-order valence-corrected chi connectivity index (χ3v) is 5.92. The molecule has 0 saturated heterocycles. The van der Waals surface area contributed by atoms with Gasteiger partial charge in [0.2, 0.25) is 0 Å². The van der Waals surface area contributed by atoms with Crippen molar-refractivity contribution in [3.8, 4) is 0 Å². The number of hydrogen-bond donors (Lipinski definition) is 0. The molecule has 0 aromatic carbocycles. The van der Waals surface area contributed by atoms with Crippen molar-refractivity contribution in [1.29, 1.82) is 0 Å². The van der Waals surface area contributed by atoms with Crippen LogP contribution in [-0.4, -0.2) is 65.4 Å². The van der Waals surface area contributed by atoms with Gasteiger partial charge in [0.25, 0.3) is 0 Å². The molecule has 0 fully saturated rings. The molecule has 27 heavy (non-hydrogen) atoms. The minimum Gasteiger partial charge on any atom is -0.360 e. The Kier molecular flexibility index (Phi) is 7.35. The van der Waals surface area contributed by atoms with E-state index in [1.165, 1.54) is 0 Å². The lowest BCUT2D eigenvalue weighted by atomic mass is 9.93. The minimum atomic E-state index is -7.88. The molecule has 0 aliphatic carbocycles. The van der Waals surface area contributed by atoms with Crippen molar-refractivity contribution >= 4 is 9.52 Å². The fourth-order valence-corrected chi connectivity index (χ4v) is 3.33. The summed E-state index contributed by atoms with van der Waals surface area (Å²) in [6, 6.07) is 0. The van der Waals surface area contributed by atoms with Crippen LogP contribution in [0.25, 0.3) is 0 Å². The third-order valence-electron chi connectivity index (χ3n) is 3.65. The maximum atomic E-state index is 13.8. The molecular formula is C11H13F13O2Si. The van der Waals surface area contributed by atoms with Crippen molar-refractivity contribution in [3.63, 3.8) is 0 Å². The summed E-state index contributed by atoms with van der Waals surface area (Å²) >= 11 is 0. The van der Waals surface area contributed by atoms with Crippen molar-refractivity contribution < 1.29 is 66.5 Å². The van der Waals surface area contributed by atoms with Gasteiger partial charge in [0.05, 0.1) is 9.52 Å². The number of rotatable bonds is 9. The molecular weight excluding hydrogens is 439 g/mol. The molecule has 0 aromatic rings. The highest BCUT2D eigenvalue weighted by atomic mass is 28.2. The topological polar surface area (TPSA) is 18.5 Å². The van der Waals surface area contributed by atoms with E-state index in [-0.39, 0.29) is 6.92 Å². The summed E-state index contributed by atoms with van der Waals surface area (Å²) in [6.45, 7) is 0.196. The summed E-state index contributed by atoms with van der Waals surface area (Å²) in [6.07, 6.45) is -7.41. The van der Waals surface area contributed by atoms with E-state index in [4.69, 9.17) is 0 Å². The second-order valence-corrected chi connectivity index (χ2v) is 7.82. The van der Waals surface area contributed by atoms with E-state index in [0.29, 0.717) is 0 Å². The van der Waals surface area contributed by atoms with Crippen molar-refractivity contribution in [3.05, 3.63) is 0 Å². The summed E-state index contributed by atoms with van der Waals surface area (Å²) in [7, 11) is -1.07. The van der Waals surface area contributed by atoms with Gasteiger partial charge in [-0.25, -0.2) is 0 Å². The first-order chi connectivity index (χ1) is 11.7. The molecule has 0 N–H and O–H groups in total. The Morgan fingerprint density at radius 2 is 0.926 bits per heavy atom. The van der Waals surface area contributed by atoms with Gasteiger partial charge in [-0.1, -0.05) is 6.92 Å². The van der Waals surface area contributed by atoms with Crippen LogP contribution in [0, 0.1) is 0 Å². The lowest BCUT2D eigenvalue weighted by molar-refractivity contribution is -0.439. The van der Waals surface area contributed by atoms with Crippen molar-refractivity contribution in [2.24, 2.45) is 0 Å². The highest BCUT2D eigenvalue weighted by Gasteiger charge is 2.91. The Hall–Kier alpha value is -0.773. The van der Waals surface area contributed by atoms with Gasteiger partial charge in [-0.3, -0.25) is 0 Å². The maximum Gasteiger partial charge on any atom is 0.460 e. The zero-order valence-corrected chi connectivity index (χ0v) is 15.0. The van der Waals surface area contributed by atoms with E-state index < -0.39 is 56.8 Å². The van der Waals surface area contributed by atoms with E-state index in [9.17, 15) is 57.1 Å². The van der Waals surface area contributed by atoms with Crippen molar-refractivity contribution in [2.45, 2.75) is 54.2 Å². The summed E-state index contributed by atoms with van der Waals surface area (Å²) in [5, 5.41) is 0. The molecule has 164 valence electrons. The third kappa shape index (κ3) is 4.01. The van der Waals surface area contributed by atoms with Crippen molar-refractivity contribution in [2.75, 3.05) is 14.2 Å². The fraction of sp³-hybridized carbons (Fsp3) is 1.00. The molecule has 1 unspecified atom stereocenters. The minimum absolute atomic E-state index is 0.196. The van der Waals surface area contributed by atoms with Crippen LogP contribution in [0.15, 0.2) is 0 Å². The Morgan fingerprint density at radius 1 is 0.593 bits per heavy atom. The Bertz CT molecular complexity index is 501. The Balaban J connectivity index is 6.15. The predicted molar refractivity (Wildman–Crippen MR) is 66.6 cm³/mol. The van der Waals surface area contributed by atoms with Gasteiger partial charge in [-0.05, 0) is 0 Å². The van der Waals surface area contributed by atoms with Crippen LogP contribution in [0.5, 0.6) is 0 Å². The van der Waals surface area contributed by atoms with Gasteiger partial charge >= 0.3 is 35.8 Å². The molecule has 0 aliphatic heterocycles. The van der Waals surface area contributed by atoms with Crippen LogP contribution in [0.3, 0.4) is 0 Å². The number of halogens is 13. The van der Waals surface area contributed by atoms with E-state index >= 15 is 0 Å². The van der Waals surface area contributed by atoms with Crippen LogP contribution >= 0.6 is 0 Å². The first-order valence-electron chi connectivity index (χ1n) is 6.68. The van der Waals surface area contributed by atoms with E-state index in [1.54, 1.807) is 0 Å². The molecule has 0 rings (SSSR count). The quantitative estimate of drug-likeness (QED) is 0.296. The summed E-state index contributed by atoms with van der Waals surface area (Å²) < 4.78 is 178. The normalized spacial score (nSPS) is 17.2. The van der Waals surface area contributed by atoms with Crippen LogP contribution < -0.4 is 0 Å². The lowest BCUT2D eigenvalue weighted by Crippen LogP contribution is -2.70. The molecule has 0 aromatic heterocycles. The Labute approximate surface area is 145 Å². The van der Waals surface area contributed by atoms with Gasteiger partial charge in [-0.15, -0.1) is 0 Å². The number of alkyl halides is 13. The molecule has 0 saturated carbocycles. The van der Waals surface area contributed by atoms with E-state index in [0.717, 1.165) is 14.2 Å². The molecule has 0 amide bonds. The van der Waals surface area contributed by atoms with Gasteiger partial charge in [-0.2, -0.15) is 57.1 Å². The smallest absolute Gasteiger partial charge is 0.360 e. The maximum absolute atomic E-state index is 13.8. The summed E-state index contributed by atoms with van der Waals surface area (Å²) in [5.74, 6) is -38.3. The largest absolute Gasteiger partial charge is 0.460 e. The number of ether oxygens (including phenoxy) is 2. The fourth-order valence-electron chi connectivity index (χ4n) is 1.82. The first-order valence-corrected chi connectivity index (χ1v) is 8.31. The lowest BCUT2D eigenvalue weighted by Gasteiger charge is -2.41. The second kappa shape index (κ2) is 7.57. The molecule has 0 radical (unpaired) electrons. The van der Waals surface area contributed by atoms with Gasteiger partial charge in [0.1, 0.15) is 5.91 Å². The average molecular weight is 452 g/mol. The van der Waals surface area contributed by atoms with Crippen LogP contribution in [0.4, 0.5) is 57.1 Å². The summed E-state index contributed by atoms with van der Waals surface area (Å²) in [4.78, 5) is 0. The zero-order valence-electron chi connectivity index (χ0n) is 13.6. The molecule has 2 nitrogen and oxygen atoms in total. The molecule has 16 heteroatoms. The first kappa shape index (κ1) is 26.2. The zero-order chi connectivity index (χ0) is 22.3. The van der Waals surface area contributed by atoms with E-state index in [2.05, 4.69) is 9.47 Å². The van der Waals surface area contributed by atoms with Crippen LogP contribution in [-0.2, 0) is 9.47 Å². The van der Waals surface area contributed by atoms with Gasteiger partial charge in [0, 0.05) is 19.8 Å². The molecule has 0 aliphatic rings. The second-order valence-electron chi connectivity index (χ2n) is 5.46. The van der Waals surface area contributed by atoms with Crippen LogP contribution in [0.1, 0.15) is 6.92 Å². The Morgan fingerprint density at radius 3 is 1.22 bits per heavy atom. The summed E-state index contributed by atoms with van der Waals surface area (Å²) in [5.41, 5.74) is -2.82. The molecule has 0 spiro atoms.